The van der Waals surface area contributed by atoms with Crippen LogP contribution in [0.25, 0.3) is 0 Å². The molecule has 2 nitrogen and oxygen atoms in total. The van der Waals surface area contributed by atoms with Crippen LogP contribution in [0, 0.1) is 0 Å². The SMILES string of the molecule is CN(C1CC1)C1CCCNC1.Cl.Cl. The molecule has 1 aliphatic carbocycles. The van der Waals surface area contributed by atoms with Crippen LogP contribution in [0.4, 0.5) is 0 Å². The zero-order chi connectivity index (χ0) is 7.68. The molecule has 2 aliphatic rings. The molecule has 0 amide bonds. The van der Waals surface area contributed by atoms with Gasteiger partial charge < -0.3 is 5.32 Å². The number of piperidine rings is 1. The molecule has 1 unspecified atom stereocenters. The zero-order valence-electron chi connectivity index (χ0n) is 8.16. The summed E-state index contributed by atoms with van der Waals surface area (Å²) in [6.07, 6.45) is 5.64. The molecular weight excluding hydrogens is 207 g/mol. The fourth-order valence-corrected chi connectivity index (χ4v) is 1.96. The average Bonchev–Trinajstić information content (AvgIpc) is 2.87. The Bertz CT molecular complexity index is 134. The monoisotopic (exact) mass is 226 g/mol. The van der Waals surface area contributed by atoms with Crippen LogP contribution in [-0.2, 0) is 0 Å². The summed E-state index contributed by atoms with van der Waals surface area (Å²) < 4.78 is 0. The molecule has 2 rings (SSSR count). The molecule has 0 radical (unpaired) electrons. The molecule has 1 N–H and O–H groups in total. The summed E-state index contributed by atoms with van der Waals surface area (Å²) in [5.41, 5.74) is 0. The molecule has 1 saturated heterocycles. The van der Waals surface area contributed by atoms with E-state index in [1.54, 1.807) is 0 Å². The van der Waals surface area contributed by atoms with Gasteiger partial charge in [0.25, 0.3) is 0 Å². The van der Waals surface area contributed by atoms with E-state index in [0.29, 0.717) is 0 Å². The van der Waals surface area contributed by atoms with Gasteiger partial charge in [0.1, 0.15) is 0 Å². The summed E-state index contributed by atoms with van der Waals surface area (Å²) in [6.45, 7) is 2.45. The van der Waals surface area contributed by atoms with Crippen molar-refractivity contribution in [1.82, 2.24) is 10.2 Å². The predicted molar refractivity (Wildman–Crippen MR) is 61.2 cm³/mol. The van der Waals surface area contributed by atoms with Gasteiger partial charge >= 0.3 is 0 Å². The first-order valence-electron chi connectivity index (χ1n) is 4.80. The summed E-state index contributed by atoms with van der Waals surface area (Å²) in [4.78, 5) is 2.58. The van der Waals surface area contributed by atoms with Crippen LogP contribution in [0.1, 0.15) is 25.7 Å². The lowest BCUT2D eigenvalue weighted by molar-refractivity contribution is 0.195. The van der Waals surface area contributed by atoms with E-state index in [2.05, 4.69) is 17.3 Å². The molecule has 0 aromatic heterocycles. The molecule has 0 bridgehead atoms. The Morgan fingerprint density at radius 3 is 2.23 bits per heavy atom. The molecule has 1 atom stereocenters. The summed E-state index contributed by atoms with van der Waals surface area (Å²) >= 11 is 0. The molecular formula is C9H20Cl2N2. The van der Waals surface area contributed by atoms with E-state index >= 15 is 0 Å². The molecule has 80 valence electrons. The maximum absolute atomic E-state index is 3.46. The fraction of sp³-hybridized carbons (Fsp3) is 1.00. The quantitative estimate of drug-likeness (QED) is 0.772. The first-order chi connectivity index (χ1) is 5.38. The highest BCUT2D eigenvalue weighted by Crippen LogP contribution is 2.28. The Labute approximate surface area is 93.3 Å². The molecule has 1 aliphatic heterocycles. The summed E-state index contributed by atoms with van der Waals surface area (Å²) in [5.74, 6) is 0. The van der Waals surface area contributed by atoms with Gasteiger partial charge in [-0.1, -0.05) is 0 Å². The van der Waals surface area contributed by atoms with Crippen LogP contribution in [0.5, 0.6) is 0 Å². The predicted octanol–water partition coefficient (Wildman–Crippen LogP) is 1.68. The lowest BCUT2D eigenvalue weighted by Gasteiger charge is -2.31. The van der Waals surface area contributed by atoms with Crippen molar-refractivity contribution in [2.45, 2.75) is 37.8 Å². The van der Waals surface area contributed by atoms with E-state index in [9.17, 15) is 0 Å². The average molecular weight is 227 g/mol. The highest BCUT2D eigenvalue weighted by Gasteiger charge is 2.31. The van der Waals surface area contributed by atoms with Crippen LogP contribution in [0.15, 0.2) is 0 Å². The Hall–Kier alpha value is 0.500. The normalized spacial score (nSPS) is 27.7. The van der Waals surface area contributed by atoms with Crippen molar-refractivity contribution >= 4 is 24.8 Å². The second kappa shape index (κ2) is 6.07. The van der Waals surface area contributed by atoms with Crippen molar-refractivity contribution in [2.75, 3.05) is 20.1 Å². The van der Waals surface area contributed by atoms with Gasteiger partial charge in [-0.3, -0.25) is 4.90 Å². The number of hydrogen-bond donors (Lipinski definition) is 1. The van der Waals surface area contributed by atoms with Gasteiger partial charge in [-0.05, 0) is 39.3 Å². The fourth-order valence-electron chi connectivity index (χ4n) is 1.96. The van der Waals surface area contributed by atoms with Crippen molar-refractivity contribution in [2.24, 2.45) is 0 Å². The van der Waals surface area contributed by atoms with E-state index in [-0.39, 0.29) is 24.8 Å². The van der Waals surface area contributed by atoms with E-state index in [1.807, 2.05) is 0 Å². The van der Waals surface area contributed by atoms with Gasteiger partial charge in [0.05, 0.1) is 0 Å². The molecule has 4 heteroatoms. The number of nitrogens with one attached hydrogen (secondary N) is 1. The Kier molecular flexibility index (Phi) is 6.31. The van der Waals surface area contributed by atoms with Crippen molar-refractivity contribution in [3.05, 3.63) is 0 Å². The first kappa shape index (κ1) is 13.5. The largest absolute Gasteiger partial charge is 0.315 e. The summed E-state index contributed by atoms with van der Waals surface area (Å²) in [7, 11) is 2.29. The topological polar surface area (TPSA) is 15.3 Å². The second-order valence-electron chi connectivity index (χ2n) is 3.90. The minimum Gasteiger partial charge on any atom is -0.315 e. The lowest BCUT2D eigenvalue weighted by Crippen LogP contribution is -2.44. The van der Waals surface area contributed by atoms with Gasteiger partial charge in [0.2, 0.25) is 0 Å². The number of likely N-dealkylation sites (N-methyl/N-ethyl adjacent to an activating group) is 1. The second-order valence-corrected chi connectivity index (χ2v) is 3.90. The Balaban J connectivity index is 0.000000720. The Morgan fingerprint density at radius 1 is 1.08 bits per heavy atom. The van der Waals surface area contributed by atoms with Crippen molar-refractivity contribution in [3.8, 4) is 0 Å². The standard InChI is InChI=1S/C9H18N2.2ClH/c1-11(8-4-5-8)9-3-2-6-10-7-9;;/h8-10H,2-7H2,1H3;2*1H. The lowest BCUT2D eigenvalue weighted by atomic mass is 10.1. The molecule has 13 heavy (non-hydrogen) atoms. The van der Waals surface area contributed by atoms with E-state index in [0.717, 1.165) is 12.1 Å². The van der Waals surface area contributed by atoms with Gasteiger partial charge in [-0.25, -0.2) is 0 Å². The van der Waals surface area contributed by atoms with Crippen LogP contribution in [-0.4, -0.2) is 37.1 Å². The number of halogens is 2. The molecule has 1 heterocycles. The Morgan fingerprint density at radius 2 is 1.77 bits per heavy atom. The van der Waals surface area contributed by atoms with Crippen molar-refractivity contribution in [1.29, 1.82) is 0 Å². The molecule has 2 fully saturated rings. The third kappa shape index (κ3) is 3.62. The van der Waals surface area contributed by atoms with Crippen molar-refractivity contribution < 1.29 is 0 Å². The minimum absolute atomic E-state index is 0. The van der Waals surface area contributed by atoms with Gasteiger partial charge in [-0.15, -0.1) is 24.8 Å². The van der Waals surface area contributed by atoms with Crippen molar-refractivity contribution in [3.63, 3.8) is 0 Å². The number of rotatable bonds is 2. The summed E-state index contributed by atoms with van der Waals surface area (Å²) in [5, 5.41) is 3.46. The molecule has 0 aromatic carbocycles. The minimum atomic E-state index is 0. The highest BCUT2D eigenvalue weighted by molar-refractivity contribution is 5.85. The number of hydrogen-bond acceptors (Lipinski definition) is 2. The summed E-state index contributed by atoms with van der Waals surface area (Å²) in [6, 6.07) is 1.76. The third-order valence-corrected chi connectivity index (χ3v) is 2.97. The number of nitrogens with zero attached hydrogens (tertiary/aromatic N) is 1. The van der Waals surface area contributed by atoms with Crippen LogP contribution in [0.2, 0.25) is 0 Å². The van der Waals surface area contributed by atoms with Crippen LogP contribution >= 0.6 is 24.8 Å². The smallest absolute Gasteiger partial charge is 0.0220 e. The van der Waals surface area contributed by atoms with Crippen LogP contribution in [0.3, 0.4) is 0 Å². The molecule has 1 saturated carbocycles. The maximum atomic E-state index is 3.46. The molecule has 0 aromatic rings. The highest BCUT2D eigenvalue weighted by atomic mass is 35.5. The van der Waals surface area contributed by atoms with Gasteiger partial charge in [0, 0.05) is 18.6 Å². The zero-order valence-corrected chi connectivity index (χ0v) is 9.79. The van der Waals surface area contributed by atoms with E-state index in [1.165, 1.54) is 38.8 Å². The van der Waals surface area contributed by atoms with E-state index in [4.69, 9.17) is 0 Å². The molecule has 0 spiro atoms. The van der Waals surface area contributed by atoms with Gasteiger partial charge in [0.15, 0.2) is 0 Å². The first-order valence-corrected chi connectivity index (χ1v) is 4.80. The van der Waals surface area contributed by atoms with Crippen LogP contribution < -0.4 is 5.32 Å². The third-order valence-electron chi connectivity index (χ3n) is 2.97. The maximum Gasteiger partial charge on any atom is 0.0220 e. The van der Waals surface area contributed by atoms with Gasteiger partial charge in [-0.2, -0.15) is 0 Å². The van der Waals surface area contributed by atoms with E-state index < -0.39 is 0 Å².